The number of hydrogen-bond acceptors (Lipinski definition) is 2. The minimum atomic E-state index is -0.498. The van der Waals surface area contributed by atoms with Crippen LogP contribution in [0.15, 0.2) is 24.3 Å². The predicted molar refractivity (Wildman–Crippen MR) is 78.6 cm³/mol. The molecule has 0 aliphatic carbocycles. The van der Waals surface area contributed by atoms with Crippen molar-refractivity contribution in [2.75, 3.05) is 5.32 Å². The molecule has 0 spiro atoms. The Morgan fingerprint density at radius 2 is 2.15 bits per heavy atom. The van der Waals surface area contributed by atoms with Crippen LogP contribution in [-0.2, 0) is 0 Å². The molecule has 0 radical (unpaired) electrons. The zero-order valence-electron chi connectivity index (χ0n) is 11.9. The van der Waals surface area contributed by atoms with E-state index in [2.05, 4.69) is 19.2 Å². The van der Waals surface area contributed by atoms with Crippen molar-refractivity contribution in [2.45, 2.75) is 45.2 Å². The van der Waals surface area contributed by atoms with Gasteiger partial charge in [0, 0.05) is 23.3 Å². The van der Waals surface area contributed by atoms with E-state index in [1.165, 1.54) is 0 Å². The van der Waals surface area contributed by atoms with Gasteiger partial charge in [-0.15, -0.1) is 0 Å². The molecule has 1 saturated heterocycles. The summed E-state index contributed by atoms with van der Waals surface area (Å²) in [5.41, 5.74) is 6.23. The molecule has 1 fully saturated rings. The standard InChI is InChI=1S/C15H21N3O2/c1-3-13-8-7-10(2)18(13)15(20)17-12-6-4-5-11(9-12)14(16)19/h4-6,9-10,13H,3,7-8H2,1-2H3,(H2,16,19)(H,17,20). The fourth-order valence-corrected chi connectivity index (χ4v) is 2.78. The van der Waals surface area contributed by atoms with Crippen molar-refractivity contribution in [3.8, 4) is 0 Å². The molecule has 2 unspecified atom stereocenters. The first-order valence-corrected chi connectivity index (χ1v) is 7.02. The van der Waals surface area contributed by atoms with Crippen molar-refractivity contribution in [3.63, 3.8) is 0 Å². The highest BCUT2D eigenvalue weighted by Gasteiger charge is 2.33. The average Bonchev–Trinajstić information content (AvgIpc) is 2.80. The Balaban J connectivity index is 2.11. The molecule has 0 bridgehead atoms. The van der Waals surface area contributed by atoms with Crippen LogP contribution in [0.5, 0.6) is 0 Å². The molecule has 1 aliphatic rings. The Labute approximate surface area is 119 Å². The minimum Gasteiger partial charge on any atom is -0.366 e. The summed E-state index contributed by atoms with van der Waals surface area (Å²) in [5.74, 6) is -0.498. The van der Waals surface area contributed by atoms with E-state index in [1.54, 1.807) is 24.3 Å². The number of nitrogens with one attached hydrogen (secondary N) is 1. The number of likely N-dealkylation sites (tertiary alicyclic amines) is 1. The first-order chi connectivity index (χ1) is 9.52. The quantitative estimate of drug-likeness (QED) is 0.889. The Bertz CT molecular complexity index is 516. The first kappa shape index (κ1) is 14.4. The van der Waals surface area contributed by atoms with Gasteiger partial charge < -0.3 is 16.0 Å². The third kappa shape index (κ3) is 2.92. The summed E-state index contributed by atoms with van der Waals surface area (Å²) in [6.45, 7) is 4.16. The Kier molecular flexibility index (Phi) is 4.27. The van der Waals surface area contributed by atoms with Crippen LogP contribution in [0.4, 0.5) is 10.5 Å². The molecule has 1 aromatic rings. The monoisotopic (exact) mass is 275 g/mol. The summed E-state index contributed by atoms with van der Waals surface area (Å²) in [6, 6.07) is 7.13. The molecule has 5 nitrogen and oxygen atoms in total. The third-order valence-electron chi connectivity index (χ3n) is 3.89. The topological polar surface area (TPSA) is 75.4 Å². The van der Waals surface area contributed by atoms with Gasteiger partial charge in [0.1, 0.15) is 0 Å². The molecule has 5 heteroatoms. The van der Waals surface area contributed by atoms with Crippen LogP contribution in [-0.4, -0.2) is 28.9 Å². The highest BCUT2D eigenvalue weighted by Crippen LogP contribution is 2.26. The van der Waals surface area contributed by atoms with Gasteiger partial charge in [0.2, 0.25) is 5.91 Å². The maximum Gasteiger partial charge on any atom is 0.322 e. The number of benzene rings is 1. The van der Waals surface area contributed by atoms with Gasteiger partial charge in [0.25, 0.3) is 0 Å². The number of hydrogen-bond donors (Lipinski definition) is 2. The Morgan fingerprint density at radius 1 is 1.40 bits per heavy atom. The summed E-state index contributed by atoms with van der Waals surface area (Å²) in [5, 5.41) is 2.85. The van der Waals surface area contributed by atoms with Crippen LogP contribution in [0.3, 0.4) is 0 Å². The number of anilines is 1. The van der Waals surface area contributed by atoms with Crippen LogP contribution < -0.4 is 11.1 Å². The van der Waals surface area contributed by atoms with Crippen molar-refractivity contribution in [1.29, 1.82) is 0 Å². The molecular formula is C15H21N3O2. The molecule has 3 N–H and O–H groups in total. The van der Waals surface area contributed by atoms with E-state index >= 15 is 0 Å². The predicted octanol–water partition coefficient (Wildman–Crippen LogP) is 2.58. The number of urea groups is 1. The second kappa shape index (κ2) is 5.94. The lowest BCUT2D eigenvalue weighted by atomic mass is 10.1. The summed E-state index contributed by atoms with van der Waals surface area (Å²) in [6.07, 6.45) is 3.04. The van der Waals surface area contributed by atoms with Gasteiger partial charge >= 0.3 is 6.03 Å². The highest BCUT2D eigenvalue weighted by atomic mass is 16.2. The maximum absolute atomic E-state index is 12.4. The van der Waals surface area contributed by atoms with Gasteiger partial charge in [-0.1, -0.05) is 13.0 Å². The number of nitrogens with zero attached hydrogens (tertiary/aromatic N) is 1. The second-order valence-corrected chi connectivity index (χ2v) is 5.27. The molecule has 1 heterocycles. The van der Waals surface area contributed by atoms with E-state index in [4.69, 9.17) is 5.73 Å². The lowest BCUT2D eigenvalue weighted by molar-refractivity contribution is 0.1000. The maximum atomic E-state index is 12.4. The van der Waals surface area contributed by atoms with E-state index in [-0.39, 0.29) is 12.1 Å². The van der Waals surface area contributed by atoms with E-state index in [9.17, 15) is 9.59 Å². The number of rotatable bonds is 3. The largest absolute Gasteiger partial charge is 0.366 e. The third-order valence-corrected chi connectivity index (χ3v) is 3.89. The molecule has 0 aromatic heterocycles. The number of amides is 3. The highest BCUT2D eigenvalue weighted by molar-refractivity contribution is 5.96. The Hall–Kier alpha value is -2.04. The smallest absolute Gasteiger partial charge is 0.322 e. The zero-order chi connectivity index (χ0) is 14.7. The van der Waals surface area contributed by atoms with Crippen LogP contribution in [0, 0.1) is 0 Å². The molecule has 0 saturated carbocycles. The summed E-state index contributed by atoms with van der Waals surface area (Å²) >= 11 is 0. The molecule has 3 amide bonds. The van der Waals surface area contributed by atoms with Crippen molar-refractivity contribution >= 4 is 17.6 Å². The van der Waals surface area contributed by atoms with Crippen molar-refractivity contribution in [1.82, 2.24) is 4.90 Å². The summed E-state index contributed by atoms with van der Waals surface area (Å²) in [7, 11) is 0. The number of primary amides is 1. The SMILES string of the molecule is CCC1CCC(C)N1C(=O)Nc1cccc(C(N)=O)c1. The van der Waals surface area contributed by atoms with E-state index < -0.39 is 5.91 Å². The molecule has 20 heavy (non-hydrogen) atoms. The van der Waals surface area contributed by atoms with Crippen LogP contribution in [0.2, 0.25) is 0 Å². The molecular weight excluding hydrogens is 254 g/mol. The van der Waals surface area contributed by atoms with Crippen molar-refractivity contribution < 1.29 is 9.59 Å². The number of carbonyl (C=O) groups excluding carboxylic acids is 2. The average molecular weight is 275 g/mol. The van der Waals surface area contributed by atoms with Crippen LogP contribution in [0.25, 0.3) is 0 Å². The van der Waals surface area contributed by atoms with Crippen molar-refractivity contribution in [3.05, 3.63) is 29.8 Å². The lowest BCUT2D eigenvalue weighted by Gasteiger charge is -2.28. The van der Waals surface area contributed by atoms with E-state index in [0.29, 0.717) is 17.3 Å². The summed E-state index contributed by atoms with van der Waals surface area (Å²) in [4.78, 5) is 25.4. The van der Waals surface area contributed by atoms with Gasteiger partial charge in [-0.2, -0.15) is 0 Å². The van der Waals surface area contributed by atoms with Gasteiger partial charge in [-0.3, -0.25) is 4.79 Å². The molecule has 1 aliphatic heterocycles. The van der Waals surface area contributed by atoms with E-state index in [1.807, 2.05) is 4.90 Å². The fourth-order valence-electron chi connectivity index (χ4n) is 2.78. The molecule has 2 rings (SSSR count). The molecule has 108 valence electrons. The normalized spacial score (nSPS) is 21.8. The van der Waals surface area contributed by atoms with Gasteiger partial charge in [-0.05, 0) is 44.4 Å². The van der Waals surface area contributed by atoms with Gasteiger partial charge in [0.15, 0.2) is 0 Å². The van der Waals surface area contributed by atoms with Crippen molar-refractivity contribution in [2.24, 2.45) is 5.73 Å². The first-order valence-electron chi connectivity index (χ1n) is 7.02. The minimum absolute atomic E-state index is 0.108. The lowest BCUT2D eigenvalue weighted by Crippen LogP contribution is -2.42. The van der Waals surface area contributed by atoms with Crippen LogP contribution >= 0.6 is 0 Å². The van der Waals surface area contributed by atoms with E-state index in [0.717, 1.165) is 19.3 Å². The van der Waals surface area contributed by atoms with Gasteiger partial charge in [-0.25, -0.2) is 4.79 Å². The second-order valence-electron chi connectivity index (χ2n) is 5.27. The molecule has 1 aromatic carbocycles. The Morgan fingerprint density at radius 3 is 2.80 bits per heavy atom. The van der Waals surface area contributed by atoms with Gasteiger partial charge in [0.05, 0.1) is 0 Å². The number of nitrogens with two attached hydrogens (primary N) is 1. The zero-order valence-corrected chi connectivity index (χ0v) is 11.9. The molecule has 2 atom stereocenters. The van der Waals surface area contributed by atoms with Crippen LogP contribution in [0.1, 0.15) is 43.5 Å². The fraction of sp³-hybridized carbons (Fsp3) is 0.467. The summed E-state index contributed by atoms with van der Waals surface area (Å²) < 4.78 is 0. The number of carbonyl (C=O) groups is 2.